The lowest BCUT2D eigenvalue weighted by Gasteiger charge is -2.15. The molecule has 0 saturated carbocycles. The standard InChI is InChI=1S/C26H19FIN3O3S/c1-2-33-22-12-16(11-21(28)24(22)34-15-18-6-4-3-5-17(18)14-29)13-23-25(32)31-26(35-23)30-20-9-7-19(27)8-10-20/h3-13H,2,15H2,1H3,(H,30,31,32)/b23-13+. The van der Waals surface area contributed by atoms with Gasteiger partial charge in [0.15, 0.2) is 16.7 Å². The zero-order chi connectivity index (χ0) is 24.8. The van der Waals surface area contributed by atoms with Crippen LogP contribution < -0.4 is 14.8 Å². The van der Waals surface area contributed by atoms with Crippen LogP contribution in [-0.4, -0.2) is 17.7 Å². The summed E-state index contributed by atoms with van der Waals surface area (Å²) in [5, 5.41) is 12.5. The Bertz CT molecular complexity index is 1370. The summed E-state index contributed by atoms with van der Waals surface area (Å²) < 4.78 is 25.8. The Balaban J connectivity index is 1.57. The van der Waals surface area contributed by atoms with Crippen molar-refractivity contribution in [2.45, 2.75) is 13.5 Å². The lowest BCUT2D eigenvalue weighted by atomic mass is 10.1. The third-order valence-corrected chi connectivity index (χ3v) is 6.56. The van der Waals surface area contributed by atoms with E-state index in [-0.39, 0.29) is 18.3 Å². The molecule has 0 aromatic heterocycles. The predicted molar refractivity (Wildman–Crippen MR) is 143 cm³/mol. The molecule has 1 aliphatic heterocycles. The van der Waals surface area contributed by atoms with Crippen molar-refractivity contribution in [1.29, 1.82) is 5.26 Å². The molecule has 1 N–H and O–H groups in total. The topological polar surface area (TPSA) is 83.7 Å². The van der Waals surface area contributed by atoms with Crippen molar-refractivity contribution >= 4 is 57.2 Å². The molecule has 0 atom stereocenters. The van der Waals surface area contributed by atoms with Crippen LogP contribution in [0.1, 0.15) is 23.6 Å². The molecule has 3 aromatic rings. The van der Waals surface area contributed by atoms with Crippen LogP contribution in [0, 0.1) is 20.7 Å². The molecule has 0 unspecified atom stereocenters. The second kappa shape index (κ2) is 11.4. The van der Waals surface area contributed by atoms with Crippen molar-refractivity contribution < 1.29 is 18.7 Å². The second-order valence-corrected chi connectivity index (χ2v) is 9.47. The normalized spacial score (nSPS) is 15.2. The number of aliphatic imine (C=N–C) groups is 1. The Morgan fingerprint density at radius 3 is 2.69 bits per heavy atom. The van der Waals surface area contributed by atoms with E-state index >= 15 is 0 Å². The molecule has 9 heteroatoms. The van der Waals surface area contributed by atoms with E-state index in [9.17, 15) is 14.4 Å². The molecular weight excluding hydrogens is 580 g/mol. The van der Waals surface area contributed by atoms with Gasteiger partial charge in [-0.15, -0.1) is 0 Å². The average molecular weight is 599 g/mol. The minimum absolute atomic E-state index is 0.224. The molecule has 176 valence electrons. The van der Waals surface area contributed by atoms with E-state index in [0.717, 1.165) is 14.7 Å². The molecule has 35 heavy (non-hydrogen) atoms. The minimum atomic E-state index is -0.348. The summed E-state index contributed by atoms with van der Waals surface area (Å²) in [4.78, 5) is 17.3. The summed E-state index contributed by atoms with van der Waals surface area (Å²) in [6.45, 7) is 2.54. The van der Waals surface area contributed by atoms with Crippen LogP contribution in [0.5, 0.6) is 11.5 Å². The number of nitrogens with zero attached hydrogens (tertiary/aromatic N) is 2. The minimum Gasteiger partial charge on any atom is -0.490 e. The Morgan fingerprint density at radius 1 is 1.17 bits per heavy atom. The van der Waals surface area contributed by atoms with Crippen molar-refractivity contribution in [3.8, 4) is 17.6 Å². The van der Waals surface area contributed by atoms with Gasteiger partial charge in [0.1, 0.15) is 12.4 Å². The van der Waals surface area contributed by atoms with Gasteiger partial charge in [-0.25, -0.2) is 9.38 Å². The number of ether oxygens (including phenoxy) is 2. The predicted octanol–water partition coefficient (Wildman–Crippen LogP) is 6.17. The molecular formula is C26H19FIN3O3S. The number of carbonyl (C=O) groups is 1. The van der Waals surface area contributed by atoms with Gasteiger partial charge in [0.05, 0.1) is 32.4 Å². The summed E-state index contributed by atoms with van der Waals surface area (Å²) in [5.74, 6) is 0.505. The van der Waals surface area contributed by atoms with E-state index in [1.807, 2.05) is 37.3 Å². The van der Waals surface area contributed by atoms with Gasteiger partial charge in [-0.1, -0.05) is 18.2 Å². The lowest BCUT2D eigenvalue weighted by Crippen LogP contribution is -2.19. The van der Waals surface area contributed by atoms with Crippen molar-refractivity contribution in [2.75, 3.05) is 6.61 Å². The first-order valence-electron chi connectivity index (χ1n) is 10.6. The van der Waals surface area contributed by atoms with Crippen LogP contribution >= 0.6 is 34.4 Å². The molecule has 1 fully saturated rings. The van der Waals surface area contributed by atoms with E-state index in [1.54, 1.807) is 24.3 Å². The number of hydrogen-bond acceptors (Lipinski definition) is 6. The van der Waals surface area contributed by atoms with Crippen molar-refractivity contribution in [3.63, 3.8) is 0 Å². The Morgan fingerprint density at radius 2 is 1.94 bits per heavy atom. The number of amides is 1. The summed E-state index contributed by atoms with van der Waals surface area (Å²) in [6, 6.07) is 18.9. The molecule has 0 bridgehead atoms. The summed E-state index contributed by atoms with van der Waals surface area (Å²) in [5.41, 5.74) is 2.65. The van der Waals surface area contributed by atoms with E-state index < -0.39 is 0 Å². The number of carbonyl (C=O) groups excluding carboxylic acids is 1. The molecule has 3 aromatic carbocycles. The number of benzene rings is 3. The molecule has 1 saturated heterocycles. The highest BCUT2D eigenvalue weighted by atomic mass is 127. The highest BCUT2D eigenvalue weighted by Gasteiger charge is 2.24. The fraction of sp³-hybridized carbons (Fsp3) is 0.115. The quantitative estimate of drug-likeness (QED) is 0.260. The first-order chi connectivity index (χ1) is 17.0. The summed E-state index contributed by atoms with van der Waals surface area (Å²) >= 11 is 3.37. The van der Waals surface area contributed by atoms with Crippen LogP contribution in [0.25, 0.3) is 6.08 Å². The zero-order valence-corrected chi connectivity index (χ0v) is 21.5. The number of thioether (sulfide) groups is 1. The van der Waals surface area contributed by atoms with Gasteiger partial charge in [-0.2, -0.15) is 5.26 Å². The smallest absolute Gasteiger partial charge is 0.264 e. The van der Waals surface area contributed by atoms with Gasteiger partial charge in [-0.05, 0) is 95.4 Å². The van der Waals surface area contributed by atoms with Crippen LogP contribution in [0.2, 0.25) is 0 Å². The van der Waals surface area contributed by atoms with Gasteiger partial charge in [-0.3, -0.25) is 4.79 Å². The monoisotopic (exact) mass is 599 g/mol. The SMILES string of the molecule is CCOc1cc(/C=C2/SC(=Nc3ccc(F)cc3)NC2=O)cc(I)c1OCc1ccccc1C#N. The van der Waals surface area contributed by atoms with E-state index in [1.165, 1.54) is 23.9 Å². The molecule has 0 aliphatic carbocycles. The number of rotatable bonds is 7. The van der Waals surface area contributed by atoms with E-state index in [2.05, 4.69) is 39.0 Å². The first-order valence-corrected chi connectivity index (χ1v) is 12.5. The molecule has 0 radical (unpaired) electrons. The average Bonchev–Trinajstić information content (AvgIpc) is 3.18. The van der Waals surface area contributed by atoms with E-state index in [0.29, 0.717) is 39.4 Å². The number of halogens is 2. The number of nitriles is 1. The zero-order valence-electron chi connectivity index (χ0n) is 18.5. The van der Waals surface area contributed by atoms with Gasteiger partial charge >= 0.3 is 0 Å². The highest BCUT2D eigenvalue weighted by Crippen LogP contribution is 2.37. The summed E-state index contributed by atoms with van der Waals surface area (Å²) in [6.07, 6.45) is 1.76. The molecule has 4 rings (SSSR count). The number of amidine groups is 1. The number of hydrogen-bond donors (Lipinski definition) is 1. The van der Waals surface area contributed by atoms with Gasteiger partial charge < -0.3 is 14.8 Å². The third kappa shape index (κ3) is 6.21. The Kier molecular flexibility index (Phi) is 8.05. The molecule has 1 amide bonds. The largest absolute Gasteiger partial charge is 0.490 e. The highest BCUT2D eigenvalue weighted by molar-refractivity contribution is 14.1. The maximum atomic E-state index is 13.1. The van der Waals surface area contributed by atoms with Crippen molar-refractivity contribution in [2.24, 2.45) is 4.99 Å². The van der Waals surface area contributed by atoms with Crippen molar-refractivity contribution in [1.82, 2.24) is 5.32 Å². The maximum absolute atomic E-state index is 13.1. The van der Waals surface area contributed by atoms with Gasteiger partial charge in [0.25, 0.3) is 5.91 Å². The number of nitrogens with one attached hydrogen (secondary N) is 1. The van der Waals surface area contributed by atoms with Crippen molar-refractivity contribution in [3.05, 3.63) is 91.6 Å². The third-order valence-electron chi connectivity index (χ3n) is 4.85. The summed E-state index contributed by atoms with van der Waals surface area (Å²) in [7, 11) is 0. The van der Waals surface area contributed by atoms with Crippen LogP contribution in [-0.2, 0) is 11.4 Å². The molecule has 1 heterocycles. The molecule has 1 aliphatic rings. The Hall–Kier alpha value is -3.36. The fourth-order valence-corrected chi connectivity index (χ4v) is 4.87. The maximum Gasteiger partial charge on any atom is 0.264 e. The lowest BCUT2D eigenvalue weighted by molar-refractivity contribution is -0.115. The fourth-order valence-electron chi connectivity index (χ4n) is 3.24. The molecule has 0 spiro atoms. The van der Waals surface area contributed by atoms with Crippen LogP contribution in [0.4, 0.5) is 10.1 Å². The first kappa shape index (κ1) is 24.8. The van der Waals surface area contributed by atoms with Crippen LogP contribution in [0.3, 0.4) is 0 Å². The van der Waals surface area contributed by atoms with Gasteiger partial charge in [0, 0.05) is 5.56 Å². The van der Waals surface area contributed by atoms with Gasteiger partial charge in [0.2, 0.25) is 0 Å². The Labute approximate surface area is 220 Å². The second-order valence-electron chi connectivity index (χ2n) is 7.28. The molecule has 6 nitrogen and oxygen atoms in total. The van der Waals surface area contributed by atoms with E-state index in [4.69, 9.17) is 9.47 Å². The van der Waals surface area contributed by atoms with Crippen LogP contribution in [0.15, 0.2) is 70.6 Å².